The first-order valence-corrected chi connectivity index (χ1v) is 13.7. The van der Waals surface area contributed by atoms with Gasteiger partial charge < -0.3 is 15.0 Å². The second-order valence-electron chi connectivity index (χ2n) is 8.68. The first-order chi connectivity index (χ1) is 15.7. The van der Waals surface area contributed by atoms with E-state index in [4.69, 9.17) is 17.0 Å². The lowest BCUT2D eigenvalue weighted by Crippen LogP contribution is -2.51. The highest BCUT2D eigenvalue weighted by Crippen LogP contribution is 2.40. The van der Waals surface area contributed by atoms with E-state index in [1.807, 2.05) is 24.0 Å². The maximum absolute atomic E-state index is 13.0. The van der Waals surface area contributed by atoms with Crippen LogP contribution in [0.3, 0.4) is 0 Å². The van der Waals surface area contributed by atoms with Crippen LogP contribution in [-0.4, -0.2) is 62.0 Å². The van der Waals surface area contributed by atoms with E-state index < -0.39 is 10.0 Å². The molecule has 0 amide bonds. The van der Waals surface area contributed by atoms with Crippen molar-refractivity contribution in [3.63, 3.8) is 0 Å². The van der Waals surface area contributed by atoms with Crippen molar-refractivity contribution >= 4 is 49.7 Å². The molecule has 1 saturated heterocycles. The lowest BCUT2D eigenvalue weighted by Gasteiger charge is -2.35. The van der Waals surface area contributed by atoms with Crippen LogP contribution in [0.4, 0.5) is 5.00 Å². The summed E-state index contributed by atoms with van der Waals surface area (Å²) in [6.07, 6.45) is 2.87. The van der Waals surface area contributed by atoms with Gasteiger partial charge in [-0.3, -0.25) is 0 Å². The van der Waals surface area contributed by atoms with Crippen LogP contribution in [0.2, 0.25) is 0 Å². The van der Waals surface area contributed by atoms with Gasteiger partial charge >= 0.3 is 5.97 Å². The first kappa shape index (κ1) is 24.1. The Bertz CT molecular complexity index is 1150. The van der Waals surface area contributed by atoms with Crippen LogP contribution >= 0.6 is 23.6 Å². The summed E-state index contributed by atoms with van der Waals surface area (Å²) in [5.41, 5.74) is 2.68. The molecule has 10 heteroatoms. The molecule has 7 nitrogen and oxygen atoms in total. The van der Waals surface area contributed by atoms with Crippen LogP contribution in [0.15, 0.2) is 29.2 Å². The van der Waals surface area contributed by atoms with E-state index in [1.165, 1.54) is 16.3 Å². The van der Waals surface area contributed by atoms with Gasteiger partial charge in [-0.2, -0.15) is 4.31 Å². The molecule has 2 aromatic rings. The second kappa shape index (κ2) is 9.69. The van der Waals surface area contributed by atoms with Gasteiger partial charge in [-0.15, -0.1) is 11.3 Å². The van der Waals surface area contributed by atoms with Crippen molar-refractivity contribution in [1.82, 2.24) is 9.21 Å². The monoisotopic (exact) mass is 507 g/mol. The van der Waals surface area contributed by atoms with Gasteiger partial charge in [-0.25, -0.2) is 13.2 Å². The number of ether oxygens (including phenoxy) is 1. The number of sulfonamides is 1. The number of fused-ring (bicyclic) bond motifs is 1. The number of carbonyl (C=O) groups is 1. The molecule has 2 heterocycles. The van der Waals surface area contributed by atoms with Crippen molar-refractivity contribution in [2.45, 2.75) is 38.0 Å². The van der Waals surface area contributed by atoms with Gasteiger partial charge in [-0.05, 0) is 62.0 Å². The zero-order valence-electron chi connectivity index (χ0n) is 19.1. The van der Waals surface area contributed by atoms with Crippen molar-refractivity contribution in [3.05, 3.63) is 45.8 Å². The van der Waals surface area contributed by atoms with Crippen molar-refractivity contribution in [2.75, 3.05) is 38.6 Å². The normalized spacial score (nSPS) is 19.1. The number of nitrogens with one attached hydrogen (secondary N) is 1. The molecule has 0 spiro atoms. The van der Waals surface area contributed by atoms with E-state index in [9.17, 15) is 13.2 Å². The molecule has 33 heavy (non-hydrogen) atoms. The maximum atomic E-state index is 13.0. The van der Waals surface area contributed by atoms with Crippen LogP contribution in [-0.2, 0) is 27.6 Å². The standard InChI is InChI=1S/C23H29N3O4S3/c1-15-4-7-17(8-5-15)33(28,29)26-12-10-25(11-13-26)23(31)24-21-20(22(27)30-3)18-9-6-16(2)14-19(18)32-21/h4-5,7-8,16H,6,9-14H2,1-3H3,(H,24,31). The average Bonchev–Trinajstić information content (AvgIpc) is 3.15. The highest BCUT2D eigenvalue weighted by molar-refractivity contribution is 7.89. The molecule has 178 valence electrons. The highest BCUT2D eigenvalue weighted by Gasteiger charge is 2.31. The van der Waals surface area contributed by atoms with Gasteiger partial charge in [0, 0.05) is 31.1 Å². The van der Waals surface area contributed by atoms with Crippen LogP contribution in [0.1, 0.15) is 39.7 Å². The number of aryl methyl sites for hydroxylation is 1. The molecule has 1 aliphatic heterocycles. The van der Waals surface area contributed by atoms with Gasteiger partial charge in [0.2, 0.25) is 10.0 Å². The van der Waals surface area contributed by atoms with Crippen molar-refractivity contribution in [2.24, 2.45) is 5.92 Å². The van der Waals surface area contributed by atoms with E-state index in [0.717, 1.165) is 35.4 Å². The number of anilines is 1. The zero-order valence-corrected chi connectivity index (χ0v) is 21.5. The summed E-state index contributed by atoms with van der Waals surface area (Å²) in [6, 6.07) is 6.92. The van der Waals surface area contributed by atoms with Crippen LogP contribution < -0.4 is 5.32 Å². The molecule has 4 rings (SSSR count). The van der Waals surface area contributed by atoms with Crippen LogP contribution in [0.25, 0.3) is 0 Å². The minimum atomic E-state index is -3.53. The lowest BCUT2D eigenvalue weighted by atomic mass is 9.88. The summed E-state index contributed by atoms with van der Waals surface area (Å²) in [6.45, 7) is 5.81. The minimum absolute atomic E-state index is 0.309. The Hall–Kier alpha value is -2.01. The molecular formula is C23H29N3O4S3. The zero-order chi connectivity index (χ0) is 23.8. The molecule has 1 unspecified atom stereocenters. The molecule has 0 saturated carbocycles. The largest absolute Gasteiger partial charge is 0.465 e. The molecule has 1 aromatic carbocycles. The molecule has 0 bridgehead atoms. The molecule has 1 aromatic heterocycles. The fourth-order valence-electron chi connectivity index (χ4n) is 4.32. The lowest BCUT2D eigenvalue weighted by molar-refractivity contribution is 0.0600. The summed E-state index contributed by atoms with van der Waals surface area (Å²) >= 11 is 7.22. The number of esters is 1. The molecular weight excluding hydrogens is 478 g/mol. The quantitative estimate of drug-likeness (QED) is 0.500. The summed E-state index contributed by atoms with van der Waals surface area (Å²) in [7, 11) is -2.14. The number of hydrogen-bond acceptors (Lipinski definition) is 6. The van der Waals surface area contributed by atoms with E-state index in [0.29, 0.717) is 47.7 Å². The number of nitrogens with zero attached hydrogens (tertiary/aromatic N) is 2. The minimum Gasteiger partial charge on any atom is -0.465 e. The Morgan fingerprint density at radius 1 is 1.18 bits per heavy atom. The van der Waals surface area contributed by atoms with Crippen LogP contribution in [0.5, 0.6) is 0 Å². The number of carbonyl (C=O) groups excluding carboxylic acids is 1. The summed E-state index contributed by atoms with van der Waals surface area (Å²) in [4.78, 5) is 16.0. The average molecular weight is 508 g/mol. The topological polar surface area (TPSA) is 79.0 Å². The van der Waals surface area contributed by atoms with E-state index >= 15 is 0 Å². The molecule has 1 fully saturated rings. The fourth-order valence-corrected chi connectivity index (χ4v) is 7.49. The van der Waals surface area contributed by atoms with Gasteiger partial charge in [0.25, 0.3) is 0 Å². The third kappa shape index (κ3) is 4.94. The second-order valence-corrected chi connectivity index (χ2v) is 12.1. The molecule has 0 radical (unpaired) electrons. The van der Waals surface area contributed by atoms with E-state index in [1.54, 1.807) is 23.5 Å². The molecule has 1 atom stereocenters. The third-order valence-electron chi connectivity index (χ3n) is 6.31. The summed E-state index contributed by atoms with van der Waals surface area (Å²) in [5, 5.41) is 4.49. The van der Waals surface area contributed by atoms with E-state index in [-0.39, 0.29) is 5.97 Å². The van der Waals surface area contributed by atoms with Gasteiger partial charge in [0.15, 0.2) is 5.11 Å². The number of rotatable bonds is 4. The number of thiocarbonyl (C=S) groups is 1. The number of thiophene rings is 1. The first-order valence-electron chi connectivity index (χ1n) is 11.1. The van der Waals surface area contributed by atoms with E-state index in [2.05, 4.69) is 12.2 Å². The SMILES string of the molecule is COC(=O)c1c(NC(=S)N2CCN(S(=O)(=O)c3ccc(C)cc3)CC2)sc2c1CCC(C)C2. The summed E-state index contributed by atoms with van der Waals surface area (Å²) < 4.78 is 32.5. The van der Waals surface area contributed by atoms with Crippen LogP contribution in [0, 0.1) is 12.8 Å². The van der Waals surface area contributed by atoms with Crippen molar-refractivity contribution in [3.8, 4) is 0 Å². The molecule has 2 aliphatic rings. The molecule has 1 N–H and O–H groups in total. The summed E-state index contributed by atoms with van der Waals surface area (Å²) in [5.74, 6) is 0.242. The maximum Gasteiger partial charge on any atom is 0.341 e. The Morgan fingerprint density at radius 3 is 2.48 bits per heavy atom. The smallest absolute Gasteiger partial charge is 0.341 e. The number of piperazine rings is 1. The Balaban J connectivity index is 1.45. The predicted octanol–water partition coefficient (Wildman–Crippen LogP) is 3.67. The number of benzene rings is 1. The molecule has 1 aliphatic carbocycles. The van der Waals surface area contributed by atoms with Gasteiger partial charge in [-0.1, -0.05) is 24.6 Å². The predicted molar refractivity (Wildman–Crippen MR) is 135 cm³/mol. The van der Waals surface area contributed by atoms with Crippen molar-refractivity contribution in [1.29, 1.82) is 0 Å². The highest BCUT2D eigenvalue weighted by atomic mass is 32.2. The van der Waals surface area contributed by atoms with Gasteiger partial charge in [0.05, 0.1) is 17.6 Å². The number of hydrogen-bond donors (Lipinski definition) is 1. The Kier molecular flexibility index (Phi) is 7.09. The van der Waals surface area contributed by atoms with Gasteiger partial charge in [0.1, 0.15) is 5.00 Å². The number of methoxy groups -OCH3 is 1. The fraction of sp³-hybridized carbons (Fsp3) is 0.478. The Morgan fingerprint density at radius 2 is 1.85 bits per heavy atom. The Labute approximate surface area is 204 Å². The third-order valence-corrected chi connectivity index (χ3v) is 9.75. The van der Waals surface area contributed by atoms with Crippen molar-refractivity contribution < 1.29 is 17.9 Å².